The van der Waals surface area contributed by atoms with E-state index in [4.69, 9.17) is 0 Å². The number of amides is 2. The van der Waals surface area contributed by atoms with Gasteiger partial charge >= 0.3 is 0 Å². The summed E-state index contributed by atoms with van der Waals surface area (Å²) in [5.41, 5.74) is 4.44. The first-order valence-corrected chi connectivity index (χ1v) is 15.4. The second kappa shape index (κ2) is 12.9. The summed E-state index contributed by atoms with van der Waals surface area (Å²) in [6.07, 6.45) is 0.369. The van der Waals surface area contributed by atoms with E-state index in [0.717, 1.165) is 27.8 Å². The molecule has 41 heavy (non-hydrogen) atoms. The molecule has 3 rings (SSSR count). The topological polar surface area (TPSA) is 86.8 Å². The number of sulfonamides is 1. The third-order valence-electron chi connectivity index (χ3n) is 6.99. The highest BCUT2D eigenvalue weighted by Crippen LogP contribution is 2.29. The predicted octanol–water partition coefficient (Wildman–Crippen LogP) is 5.84. The number of benzene rings is 3. The van der Waals surface area contributed by atoms with Crippen LogP contribution in [0.5, 0.6) is 0 Å². The maximum Gasteiger partial charge on any atom is 0.264 e. The molecule has 2 amide bonds. The third kappa shape index (κ3) is 7.97. The predicted molar refractivity (Wildman–Crippen MR) is 165 cm³/mol. The molecule has 0 aliphatic rings. The third-order valence-corrected chi connectivity index (χ3v) is 8.77. The Morgan fingerprint density at radius 3 is 2.02 bits per heavy atom. The van der Waals surface area contributed by atoms with Crippen LogP contribution in [0.3, 0.4) is 0 Å². The van der Waals surface area contributed by atoms with Gasteiger partial charge in [0.2, 0.25) is 11.8 Å². The van der Waals surface area contributed by atoms with Crippen molar-refractivity contribution in [2.45, 2.75) is 84.8 Å². The molecule has 0 aliphatic heterocycles. The summed E-state index contributed by atoms with van der Waals surface area (Å²) in [5.74, 6) is -0.735. The van der Waals surface area contributed by atoms with Crippen molar-refractivity contribution in [1.29, 1.82) is 0 Å². The highest BCUT2D eigenvalue weighted by Gasteiger charge is 2.35. The zero-order chi connectivity index (χ0) is 30.5. The van der Waals surface area contributed by atoms with Crippen LogP contribution < -0.4 is 9.62 Å². The van der Waals surface area contributed by atoms with Gasteiger partial charge in [-0.1, -0.05) is 66.6 Å². The van der Waals surface area contributed by atoms with Crippen molar-refractivity contribution in [2.24, 2.45) is 0 Å². The summed E-state index contributed by atoms with van der Waals surface area (Å²) in [6.45, 7) is 14.9. The van der Waals surface area contributed by atoms with E-state index in [9.17, 15) is 18.0 Å². The molecule has 0 aromatic heterocycles. The molecule has 3 aromatic carbocycles. The van der Waals surface area contributed by atoms with Gasteiger partial charge in [-0.25, -0.2) is 8.42 Å². The highest BCUT2D eigenvalue weighted by atomic mass is 32.2. The van der Waals surface area contributed by atoms with Crippen molar-refractivity contribution in [2.75, 3.05) is 10.8 Å². The lowest BCUT2D eigenvalue weighted by Gasteiger charge is -2.35. The lowest BCUT2D eigenvalue weighted by molar-refractivity contribution is -0.141. The Bertz CT molecular complexity index is 1490. The molecule has 1 N–H and O–H groups in total. The number of rotatable bonds is 10. The summed E-state index contributed by atoms with van der Waals surface area (Å²) < 4.78 is 29.4. The molecule has 0 fully saturated rings. The Morgan fingerprint density at radius 2 is 1.46 bits per heavy atom. The summed E-state index contributed by atoms with van der Waals surface area (Å²) in [7, 11) is -4.11. The van der Waals surface area contributed by atoms with E-state index >= 15 is 0 Å². The minimum absolute atomic E-state index is 0.0962. The Balaban J connectivity index is 2.12. The lowest BCUT2D eigenvalue weighted by Crippen LogP contribution is -2.55. The molecular formula is C33H43N3O4S. The molecule has 0 heterocycles. The van der Waals surface area contributed by atoms with Crippen molar-refractivity contribution in [3.63, 3.8) is 0 Å². The quantitative estimate of drug-likeness (QED) is 0.328. The Hall–Kier alpha value is -3.65. The van der Waals surface area contributed by atoms with Crippen LogP contribution in [0.2, 0.25) is 0 Å². The second-order valence-electron chi connectivity index (χ2n) is 11.7. The molecule has 8 heteroatoms. The average Bonchev–Trinajstić information content (AvgIpc) is 2.87. The van der Waals surface area contributed by atoms with Crippen molar-refractivity contribution in [3.05, 3.63) is 94.5 Å². The number of hydrogen-bond acceptors (Lipinski definition) is 4. The molecule has 1 atom stereocenters. The Morgan fingerprint density at radius 1 is 0.854 bits per heavy atom. The van der Waals surface area contributed by atoms with Crippen LogP contribution in [0.15, 0.2) is 71.6 Å². The normalized spacial score (nSPS) is 12.5. The minimum atomic E-state index is -4.11. The zero-order valence-electron chi connectivity index (χ0n) is 25.5. The van der Waals surface area contributed by atoms with Crippen LogP contribution in [-0.2, 0) is 26.2 Å². The fraction of sp³-hybridized carbons (Fsp3) is 0.394. The van der Waals surface area contributed by atoms with E-state index in [1.165, 1.54) is 9.21 Å². The van der Waals surface area contributed by atoms with Crippen LogP contribution in [0.4, 0.5) is 5.69 Å². The maximum atomic E-state index is 14.3. The van der Waals surface area contributed by atoms with E-state index in [2.05, 4.69) is 5.32 Å². The largest absolute Gasteiger partial charge is 0.350 e. The van der Waals surface area contributed by atoms with Gasteiger partial charge in [-0.15, -0.1) is 0 Å². The minimum Gasteiger partial charge on any atom is -0.350 e. The number of anilines is 1. The Labute approximate surface area is 245 Å². The van der Waals surface area contributed by atoms with Crippen LogP contribution in [-0.4, -0.2) is 43.3 Å². The molecule has 7 nitrogen and oxygen atoms in total. The fourth-order valence-corrected chi connectivity index (χ4v) is 6.26. The fourth-order valence-electron chi connectivity index (χ4n) is 4.78. The van der Waals surface area contributed by atoms with Crippen molar-refractivity contribution in [1.82, 2.24) is 10.2 Å². The van der Waals surface area contributed by atoms with Crippen molar-refractivity contribution >= 4 is 27.5 Å². The number of carbonyl (C=O) groups is 2. The monoisotopic (exact) mass is 577 g/mol. The molecule has 0 radical (unpaired) electrons. The van der Waals surface area contributed by atoms with Crippen molar-refractivity contribution in [3.8, 4) is 0 Å². The molecular weight excluding hydrogens is 534 g/mol. The SMILES string of the molecule is CC[C@H](C(=O)NC(C)(C)C)N(Cc1ccccc1C)C(=O)CN(c1ccc(C)cc1C)S(=O)(=O)c1ccc(C)cc1. The molecule has 3 aromatic rings. The first kappa shape index (κ1) is 31.9. The van der Waals surface area contributed by atoms with E-state index in [1.807, 2.05) is 91.8 Å². The summed E-state index contributed by atoms with van der Waals surface area (Å²) in [4.78, 5) is 29.3. The van der Waals surface area contributed by atoms with Crippen LogP contribution in [0.1, 0.15) is 61.9 Å². The second-order valence-corrected chi connectivity index (χ2v) is 13.6. The summed E-state index contributed by atoms with van der Waals surface area (Å²) in [5, 5.41) is 3.00. The van der Waals surface area contributed by atoms with E-state index in [-0.39, 0.29) is 17.3 Å². The highest BCUT2D eigenvalue weighted by molar-refractivity contribution is 7.92. The summed E-state index contributed by atoms with van der Waals surface area (Å²) in [6, 6.07) is 19.0. The van der Waals surface area contributed by atoms with Gasteiger partial charge in [0.15, 0.2) is 0 Å². The number of hydrogen-bond donors (Lipinski definition) is 1. The van der Waals surface area contributed by atoms with Gasteiger partial charge < -0.3 is 10.2 Å². The first-order valence-electron chi connectivity index (χ1n) is 14.0. The van der Waals surface area contributed by atoms with Gasteiger partial charge in [0.25, 0.3) is 10.0 Å². The van der Waals surface area contributed by atoms with E-state index in [0.29, 0.717) is 12.1 Å². The molecule has 220 valence electrons. The molecule has 0 saturated heterocycles. The van der Waals surface area contributed by atoms with Gasteiger partial charge in [-0.2, -0.15) is 0 Å². The van der Waals surface area contributed by atoms with Gasteiger partial charge in [-0.05, 0) is 89.8 Å². The molecule has 0 aliphatic carbocycles. The molecule has 0 bridgehead atoms. The molecule has 0 unspecified atom stereocenters. The van der Waals surface area contributed by atoms with Gasteiger partial charge in [0.1, 0.15) is 12.6 Å². The average molecular weight is 578 g/mol. The van der Waals surface area contributed by atoms with Crippen LogP contribution >= 0.6 is 0 Å². The molecule has 0 spiro atoms. The standard InChI is InChI=1S/C33H43N3O4S/c1-9-29(32(38)34-33(6,7)8)35(21-27-13-11-10-12-25(27)4)31(37)22-36(30-19-16-24(3)20-26(30)5)41(39,40)28-17-14-23(2)15-18-28/h10-20,29H,9,21-22H2,1-8H3,(H,34,38)/t29-/m1/s1. The number of aryl methyl sites for hydroxylation is 4. The lowest BCUT2D eigenvalue weighted by atomic mass is 10.0. The number of nitrogens with one attached hydrogen (secondary N) is 1. The van der Waals surface area contributed by atoms with Gasteiger partial charge in [0, 0.05) is 12.1 Å². The zero-order valence-corrected chi connectivity index (χ0v) is 26.3. The van der Waals surface area contributed by atoms with Crippen LogP contribution in [0, 0.1) is 27.7 Å². The summed E-state index contributed by atoms with van der Waals surface area (Å²) >= 11 is 0. The van der Waals surface area contributed by atoms with E-state index < -0.39 is 34.1 Å². The van der Waals surface area contributed by atoms with Gasteiger partial charge in [-0.3, -0.25) is 13.9 Å². The van der Waals surface area contributed by atoms with Gasteiger partial charge in [0.05, 0.1) is 10.6 Å². The first-order chi connectivity index (χ1) is 19.1. The maximum absolute atomic E-state index is 14.3. The number of nitrogens with zero attached hydrogens (tertiary/aromatic N) is 2. The number of carbonyl (C=O) groups excluding carboxylic acids is 2. The smallest absolute Gasteiger partial charge is 0.264 e. The Kier molecular flexibility index (Phi) is 10.0. The van der Waals surface area contributed by atoms with Crippen LogP contribution in [0.25, 0.3) is 0 Å². The van der Waals surface area contributed by atoms with Crippen molar-refractivity contribution < 1.29 is 18.0 Å². The molecule has 0 saturated carbocycles. The van der Waals surface area contributed by atoms with E-state index in [1.54, 1.807) is 30.3 Å².